The molecule has 0 radical (unpaired) electrons. The molecule has 2 rings (SSSR count). The molecule has 6 nitrogen and oxygen atoms in total. The first-order valence-corrected chi connectivity index (χ1v) is 9.08. The first-order chi connectivity index (χ1) is 9.84. The van der Waals surface area contributed by atoms with E-state index in [0.717, 1.165) is 15.6 Å². The number of halogens is 2. The van der Waals surface area contributed by atoms with Gasteiger partial charge in [-0.2, -0.15) is 0 Å². The predicted molar refractivity (Wildman–Crippen MR) is 82.8 cm³/mol. The molecule has 0 atom stereocenters. The van der Waals surface area contributed by atoms with Crippen LogP contribution in [0.5, 0.6) is 0 Å². The smallest absolute Gasteiger partial charge is 0.296 e. The number of hydrogen-bond donors (Lipinski definition) is 0. The van der Waals surface area contributed by atoms with Crippen LogP contribution in [-0.4, -0.2) is 36.9 Å². The fourth-order valence-corrected chi connectivity index (χ4v) is 3.10. The van der Waals surface area contributed by atoms with Crippen molar-refractivity contribution in [2.24, 2.45) is 0 Å². The molecule has 0 saturated heterocycles. The van der Waals surface area contributed by atoms with Gasteiger partial charge in [0.1, 0.15) is 0 Å². The summed E-state index contributed by atoms with van der Waals surface area (Å²) in [5.74, 6) is 0.423. The fraction of sp³-hybridized carbons (Fsp3) is 0.333. The van der Waals surface area contributed by atoms with E-state index >= 15 is 0 Å². The summed E-state index contributed by atoms with van der Waals surface area (Å²) in [7, 11) is 2.95. The zero-order valence-corrected chi connectivity index (χ0v) is 14.5. The Balaban J connectivity index is 2.57. The number of ether oxygens (including phenoxy) is 1. The van der Waals surface area contributed by atoms with E-state index < -0.39 is 9.05 Å². The van der Waals surface area contributed by atoms with Gasteiger partial charge >= 0.3 is 0 Å². The summed E-state index contributed by atoms with van der Waals surface area (Å²) in [5.41, 5.74) is 1.80. The second-order valence-electron chi connectivity index (χ2n) is 4.35. The lowest BCUT2D eigenvalue weighted by atomic mass is 10.1. The molecular formula is C12H13BrClN3O3S. The topological polar surface area (TPSA) is 74.1 Å². The van der Waals surface area contributed by atoms with E-state index in [4.69, 9.17) is 15.4 Å². The van der Waals surface area contributed by atoms with Crippen LogP contribution in [0.25, 0.3) is 11.4 Å². The third kappa shape index (κ3) is 3.63. The summed E-state index contributed by atoms with van der Waals surface area (Å²) < 4.78 is 30.5. The van der Waals surface area contributed by atoms with E-state index in [1.54, 1.807) is 0 Å². The fourth-order valence-electron chi connectivity index (χ4n) is 1.80. The van der Waals surface area contributed by atoms with E-state index in [1.807, 2.05) is 25.1 Å². The highest BCUT2D eigenvalue weighted by atomic mass is 79.9. The normalized spacial score (nSPS) is 11.8. The van der Waals surface area contributed by atoms with Gasteiger partial charge in [0.25, 0.3) is 14.2 Å². The Labute approximate surface area is 135 Å². The first kappa shape index (κ1) is 16.4. The number of methoxy groups -OCH3 is 1. The maximum atomic E-state index is 11.6. The molecule has 0 unspecified atom stereocenters. The predicted octanol–water partition coefficient (Wildman–Crippen LogP) is 2.59. The van der Waals surface area contributed by atoms with Crippen molar-refractivity contribution in [3.05, 3.63) is 28.2 Å². The van der Waals surface area contributed by atoms with E-state index in [9.17, 15) is 8.42 Å². The molecule has 0 amide bonds. The molecule has 9 heteroatoms. The SMILES string of the molecule is COCCn1c(-c2ccc(C)c(Br)c2)nnc1S(=O)(=O)Cl. The molecule has 0 saturated carbocycles. The number of nitrogens with zero attached hydrogens (tertiary/aromatic N) is 3. The molecule has 0 aliphatic heterocycles. The summed E-state index contributed by atoms with van der Waals surface area (Å²) in [6.45, 7) is 2.56. The quantitative estimate of drug-likeness (QED) is 0.729. The lowest BCUT2D eigenvalue weighted by molar-refractivity contribution is 0.185. The Hall–Kier alpha value is -0.960. The van der Waals surface area contributed by atoms with Gasteiger partial charge in [0.2, 0.25) is 0 Å². The van der Waals surface area contributed by atoms with Crippen molar-refractivity contribution in [3.63, 3.8) is 0 Å². The number of benzene rings is 1. The third-order valence-electron chi connectivity index (χ3n) is 2.88. The first-order valence-electron chi connectivity index (χ1n) is 5.98. The Morgan fingerprint density at radius 3 is 2.67 bits per heavy atom. The van der Waals surface area contributed by atoms with Gasteiger partial charge in [-0.25, -0.2) is 8.42 Å². The molecular weight excluding hydrogens is 382 g/mol. The molecule has 0 fully saturated rings. The van der Waals surface area contributed by atoms with Crippen molar-refractivity contribution in [3.8, 4) is 11.4 Å². The Kier molecular flexibility index (Phi) is 5.03. The lowest BCUT2D eigenvalue weighted by Crippen LogP contribution is -2.11. The summed E-state index contributed by atoms with van der Waals surface area (Å²) in [4.78, 5) is 0. The van der Waals surface area contributed by atoms with E-state index in [1.165, 1.54) is 11.7 Å². The van der Waals surface area contributed by atoms with Crippen LogP contribution in [0.15, 0.2) is 27.8 Å². The van der Waals surface area contributed by atoms with Crippen LogP contribution < -0.4 is 0 Å². The molecule has 0 aliphatic carbocycles. The summed E-state index contributed by atoms with van der Waals surface area (Å²) in [6, 6.07) is 5.61. The van der Waals surface area contributed by atoms with Crippen LogP contribution in [0.4, 0.5) is 0 Å². The maximum Gasteiger partial charge on any atom is 0.296 e. The number of aromatic nitrogens is 3. The minimum absolute atomic E-state index is 0.283. The molecule has 0 N–H and O–H groups in total. The molecule has 0 bridgehead atoms. The van der Waals surface area contributed by atoms with Crippen molar-refractivity contribution >= 4 is 35.7 Å². The van der Waals surface area contributed by atoms with E-state index in [2.05, 4.69) is 26.1 Å². The highest BCUT2D eigenvalue weighted by molar-refractivity contribution is 9.10. The lowest BCUT2D eigenvalue weighted by Gasteiger charge is -2.09. The minimum atomic E-state index is -3.98. The second-order valence-corrected chi connectivity index (χ2v) is 7.67. The zero-order valence-electron chi connectivity index (χ0n) is 11.4. The Morgan fingerprint density at radius 1 is 1.38 bits per heavy atom. The van der Waals surface area contributed by atoms with Gasteiger partial charge in [-0.1, -0.05) is 28.1 Å². The average Bonchev–Trinajstić information content (AvgIpc) is 2.83. The largest absolute Gasteiger partial charge is 0.383 e. The van der Waals surface area contributed by atoms with E-state index in [0.29, 0.717) is 12.4 Å². The molecule has 21 heavy (non-hydrogen) atoms. The summed E-state index contributed by atoms with van der Waals surface area (Å²) in [5, 5.41) is 7.36. The molecule has 1 aromatic heterocycles. The number of rotatable bonds is 5. The van der Waals surface area contributed by atoms with Crippen molar-refractivity contribution in [2.45, 2.75) is 18.6 Å². The zero-order chi connectivity index (χ0) is 15.6. The molecule has 1 aromatic carbocycles. The highest BCUT2D eigenvalue weighted by Gasteiger charge is 2.23. The molecule has 2 aromatic rings. The van der Waals surface area contributed by atoms with Gasteiger partial charge in [0, 0.05) is 27.8 Å². The molecule has 0 spiro atoms. The van der Waals surface area contributed by atoms with Crippen LogP contribution in [0.3, 0.4) is 0 Å². The summed E-state index contributed by atoms with van der Waals surface area (Å²) >= 11 is 3.44. The summed E-state index contributed by atoms with van der Waals surface area (Å²) in [6.07, 6.45) is 0. The molecule has 0 aliphatic rings. The van der Waals surface area contributed by atoms with E-state index in [-0.39, 0.29) is 11.7 Å². The number of hydrogen-bond acceptors (Lipinski definition) is 5. The Morgan fingerprint density at radius 2 is 2.10 bits per heavy atom. The van der Waals surface area contributed by atoms with Gasteiger partial charge < -0.3 is 4.74 Å². The minimum Gasteiger partial charge on any atom is -0.383 e. The van der Waals surface area contributed by atoms with Crippen LogP contribution in [0.2, 0.25) is 0 Å². The maximum absolute atomic E-state index is 11.6. The van der Waals surface area contributed by atoms with Crippen molar-refractivity contribution in [2.75, 3.05) is 13.7 Å². The van der Waals surface area contributed by atoms with Gasteiger partial charge in [-0.3, -0.25) is 4.57 Å². The van der Waals surface area contributed by atoms with Gasteiger partial charge in [0.05, 0.1) is 13.2 Å². The second kappa shape index (κ2) is 6.43. The van der Waals surface area contributed by atoms with Crippen LogP contribution in [0, 0.1) is 6.92 Å². The van der Waals surface area contributed by atoms with Gasteiger partial charge in [-0.05, 0) is 18.6 Å². The van der Waals surface area contributed by atoms with Crippen molar-refractivity contribution in [1.82, 2.24) is 14.8 Å². The Bertz CT molecular complexity index is 761. The highest BCUT2D eigenvalue weighted by Crippen LogP contribution is 2.26. The average molecular weight is 395 g/mol. The van der Waals surface area contributed by atoms with Crippen molar-refractivity contribution in [1.29, 1.82) is 0 Å². The van der Waals surface area contributed by atoms with Gasteiger partial charge in [-0.15, -0.1) is 10.2 Å². The van der Waals surface area contributed by atoms with Crippen LogP contribution in [-0.2, 0) is 20.3 Å². The standard InChI is InChI=1S/C12H13BrClN3O3S/c1-8-3-4-9(7-10(8)13)11-15-16-12(21(14,18)19)17(11)5-6-20-2/h3-4,7H,5-6H2,1-2H3. The van der Waals surface area contributed by atoms with Crippen LogP contribution in [0.1, 0.15) is 5.56 Å². The van der Waals surface area contributed by atoms with Crippen LogP contribution >= 0.6 is 26.6 Å². The molecule has 1 heterocycles. The van der Waals surface area contributed by atoms with Crippen molar-refractivity contribution < 1.29 is 13.2 Å². The number of aryl methyl sites for hydroxylation is 1. The van der Waals surface area contributed by atoms with Gasteiger partial charge in [0.15, 0.2) is 5.82 Å². The molecule has 114 valence electrons. The third-order valence-corrected chi connectivity index (χ3v) is 4.89. The monoisotopic (exact) mass is 393 g/mol.